The number of nitrogens with one attached hydrogen (secondary N) is 1. The van der Waals surface area contributed by atoms with Crippen molar-refractivity contribution >= 4 is 28.1 Å². The maximum atomic E-state index is 11.7. The molecule has 0 saturated heterocycles. The van der Waals surface area contributed by atoms with Gasteiger partial charge in [0, 0.05) is 11.9 Å². The van der Waals surface area contributed by atoms with Crippen LogP contribution in [0.25, 0.3) is 0 Å². The number of aromatic hydroxyl groups is 1. The average molecular weight is 367 g/mol. The summed E-state index contributed by atoms with van der Waals surface area (Å²) in [5.74, 6) is 0.0343. The number of hydrogen-bond acceptors (Lipinski definition) is 5. The molecular weight excluding hydrogens is 352 g/mol. The number of amides is 1. The maximum absolute atomic E-state index is 11.7. The number of carbonyl (C=O) groups is 1. The number of carbonyl (C=O) groups excluding carboxylic acids is 1. The maximum Gasteiger partial charge on any atom is 0.261 e. The van der Waals surface area contributed by atoms with Crippen molar-refractivity contribution in [1.29, 1.82) is 0 Å². The highest BCUT2D eigenvalue weighted by Gasteiger charge is 2.08. The lowest BCUT2D eigenvalue weighted by atomic mass is 10.2. The molecule has 0 aliphatic rings. The Morgan fingerprint density at radius 2 is 2.36 bits per heavy atom. The highest BCUT2D eigenvalue weighted by molar-refractivity contribution is 9.10. The Hall–Kier alpha value is -2.35. The zero-order valence-electron chi connectivity index (χ0n) is 12.1. The van der Waals surface area contributed by atoms with Gasteiger partial charge in [-0.3, -0.25) is 9.48 Å². The number of phenolic OH excluding ortho intramolecular Hbond substituents is 1. The molecule has 2 rings (SSSR count). The lowest BCUT2D eigenvalue weighted by Gasteiger charge is -2.06. The molecule has 0 aliphatic heterocycles. The van der Waals surface area contributed by atoms with Crippen LogP contribution >= 0.6 is 15.9 Å². The van der Waals surface area contributed by atoms with E-state index >= 15 is 0 Å². The summed E-state index contributed by atoms with van der Waals surface area (Å²) >= 11 is 3.28. The number of nitrogens with zero attached hydrogens (tertiary/aromatic N) is 3. The van der Waals surface area contributed by atoms with Crippen molar-refractivity contribution in [2.24, 2.45) is 5.10 Å². The highest BCUT2D eigenvalue weighted by Crippen LogP contribution is 2.34. The van der Waals surface area contributed by atoms with Crippen LogP contribution in [0.2, 0.25) is 0 Å². The number of ether oxygens (including phenoxy) is 1. The zero-order valence-corrected chi connectivity index (χ0v) is 13.7. The van der Waals surface area contributed by atoms with Crippen LogP contribution in [0, 0.1) is 6.92 Å². The van der Waals surface area contributed by atoms with E-state index in [1.807, 2.05) is 13.0 Å². The first kappa shape index (κ1) is 16.0. The van der Waals surface area contributed by atoms with E-state index in [0.29, 0.717) is 15.8 Å². The molecule has 1 amide bonds. The van der Waals surface area contributed by atoms with Gasteiger partial charge in [0.1, 0.15) is 6.54 Å². The van der Waals surface area contributed by atoms with Crippen molar-refractivity contribution in [2.75, 3.05) is 7.11 Å². The second-order valence-electron chi connectivity index (χ2n) is 4.48. The van der Waals surface area contributed by atoms with E-state index in [0.717, 1.165) is 5.69 Å². The topological polar surface area (TPSA) is 88.7 Å². The van der Waals surface area contributed by atoms with Crippen LogP contribution in [0.3, 0.4) is 0 Å². The predicted molar refractivity (Wildman–Crippen MR) is 85.1 cm³/mol. The third-order valence-electron chi connectivity index (χ3n) is 2.88. The Morgan fingerprint density at radius 3 is 2.95 bits per heavy atom. The highest BCUT2D eigenvalue weighted by atomic mass is 79.9. The molecule has 0 unspecified atom stereocenters. The summed E-state index contributed by atoms with van der Waals surface area (Å²) in [5, 5.41) is 17.6. The van der Waals surface area contributed by atoms with E-state index in [1.165, 1.54) is 19.4 Å². The number of halogens is 1. The van der Waals surface area contributed by atoms with Crippen LogP contribution < -0.4 is 10.2 Å². The summed E-state index contributed by atoms with van der Waals surface area (Å²) in [7, 11) is 1.46. The molecule has 0 saturated carbocycles. The number of aromatic nitrogens is 2. The van der Waals surface area contributed by atoms with Gasteiger partial charge in [-0.15, -0.1) is 0 Å². The van der Waals surface area contributed by atoms with Crippen molar-refractivity contribution in [3.05, 3.63) is 40.1 Å². The Labute approximate surface area is 135 Å². The number of benzene rings is 1. The molecule has 2 aromatic rings. The zero-order chi connectivity index (χ0) is 16.1. The molecule has 22 heavy (non-hydrogen) atoms. The number of hydrazone groups is 1. The smallest absolute Gasteiger partial charge is 0.261 e. The van der Waals surface area contributed by atoms with Crippen LogP contribution in [0.15, 0.2) is 34.0 Å². The van der Waals surface area contributed by atoms with Gasteiger partial charge in [0.25, 0.3) is 5.91 Å². The molecule has 1 aromatic carbocycles. The third-order valence-corrected chi connectivity index (χ3v) is 3.46. The molecule has 8 heteroatoms. The Morgan fingerprint density at radius 1 is 1.59 bits per heavy atom. The van der Waals surface area contributed by atoms with Crippen molar-refractivity contribution in [2.45, 2.75) is 13.5 Å². The number of phenols is 1. The summed E-state index contributed by atoms with van der Waals surface area (Å²) < 4.78 is 7.19. The fourth-order valence-electron chi connectivity index (χ4n) is 1.79. The first-order valence-electron chi connectivity index (χ1n) is 6.38. The minimum Gasteiger partial charge on any atom is -0.504 e. The van der Waals surface area contributed by atoms with E-state index in [1.54, 1.807) is 16.9 Å². The molecule has 0 bridgehead atoms. The largest absolute Gasteiger partial charge is 0.504 e. The van der Waals surface area contributed by atoms with E-state index in [2.05, 4.69) is 31.6 Å². The van der Waals surface area contributed by atoms with Gasteiger partial charge in [-0.2, -0.15) is 10.2 Å². The third kappa shape index (κ3) is 3.85. The van der Waals surface area contributed by atoms with Gasteiger partial charge < -0.3 is 9.84 Å². The van der Waals surface area contributed by atoms with E-state index < -0.39 is 0 Å². The number of methoxy groups -OCH3 is 1. The Kier molecular flexibility index (Phi) is 5.16. The SMILES string of the molecule is COc1c(O)cc(/C=N/NC(=O)Cn2nccc2C)cc1Br. The molecule has 1 aromatic heterocycles. The van der Waals surface area contributed by atoms with Gasteiger partial charge >= 0.3 is 0 Å². The standard InChI is InChI=1S/C14H15BrN4O3/c1-9-3-4-17-19(9)8-13(21)18-16-7-10-5-11(15)14(22-2)12(20)6-10/h3-7,20H,8H2,1-2H3,(H,18,21)/b16-7+. The van der Waals surface area contributed by atoms with Crippen LogP contribution in [0.4, 0.5) is 0 Å². The number of hydrogen-bond donors (Lipinski definition) is 2. The quantitative estimate of drug-likeness (QED) is 0.623. The van der Waals surface area contributed by atoms with Crippen LogP contribution in [-0.4, -0.2) is 34.1 Å². The molecule has 0 aliphatic carbocycles. The van der Waals surface area contributed by atoms with Crippen molar-refractivity contribution in [1.82, 2.24) is 15.2 Å². The minimum absolute atomic E-state index is 0.0168. The van der Waals surface area contributed by atoms with Crippen molar-refractivity contribution in [3.63, 3.8) is 0 Å². The molecule has 0 fully saturated rings. The summed E-state index contributed by atoms with van der Waals surface area (Å²) in [6.07, 6.45) is 3.06. The van der Waals surface area contributed by atoms with Crippen LogP contribution in [0.5, 0.6) is 11.5 Å². The first-order valence-corrected chi connectivity index (χ1v) is 7.17. The fourth-order valence-corrected chi connectivity index (χ4v) is 2.42. The number of rotatable bonds is 5. The van der Waals surface area contributed by atoms with Crippen LogP contribution in [0.1, 0.15) is 11.3 Å². The Bertz CT molecular complexity index is 689. The van der Waals surface area contributed by atoms with Gasteiger partial charge in [0.15, 0.2) is 11.5 Å². The monoisotopic (exact) mass is 366 g/mol. The normalized spacial score (nSPS) is 10.9. The second-order valence-corrected chi connectivity index (χ2v) is 5.33. The summed E-state index contributed by atoms with van der Waals surface area (Å²) in [4.78, 5) is 11.7. The molecule has 116 valence electrons. The molecule has 1 heterocycles. The molecule has 0 atom stereocenters. The summed E-state index contributed by atoms with van der Waals surface area (Å²) in [6.45, 7) is 1.95. The molecule has 7 nitrogen and oxygen atoms in total. The lowest BCUT2D eigenvalue weighted by molar-refractivity contribution is -0.121. The first-order chi connectivity index (χ1) is 10.5. The summed E-state index contributed by atoms with van der Waals surface area (Å²) in [6, 6.07) is 5.01. The van der Waals surface area contributed by atoms with Crippen molar-refractivity contribution in [3.8, 4) is 11.5 Å². The predicted octanol–water partition coefficient (Wildman–Crippen LogP) is 1.82. The van der Waals surface area contributed by atoms with Gasteiger partial charge in [0.2, 0.25) is 0 Å². The average Bonchev–Trinajstić information content (AvgIpc) is 2.84. The summed E-state index contributed by atoms with van der Waals surface area (Å²) in [5.41, 5.74) is 3.91. The van der Waals surface area contributed by atoms with Crippen LogP contribution in [-0.2, 0) is 11.3 Å². The van der Waals surface area contributed by atoms with Gasteiger partial charge in [-0.05, 0) is 46.6 Å². The molecule has 0 spiro atoms. The lowest BCUT2D eigenvalue weighted by Crippen LogP contribution is -2.24. The molecular formula is C14H15BrN4O3. The van der Waals surface area contributed by atoms with Crippen molar-refractivity contribution < 1.29 is 14.6 Å². The molecule has 2 N–H and O–H groups in total. The van der Waals surface area contributed by atoms with Gasteiger partial charge in [0.05, 0.1) is 17.8 Å². The van der Waals surface area contributed by atoms with Gasteiger partial charge in [-0.1, -0.05) is 0 Å². The van der Waals surface area contributed by atoms with E-state index in [9.17, 15) is 9.90 Å². The van der Waals surface area contributed by atoms with Gasteiger partial charge in [-0.25, -0.2) is 5.43 Å². The fraction of sp³-hybridized carbons (Fsp3) is 0.214. The number of aryl methyl sites for hydroxylation is 1. The van der Waals surface area contributed by atoms with E-state index in [-0.39, 0.29) is 18.2 Å². The molecule has 0 radical (unpaired) electrons. The minimum atomic E-state index is -0.292. The second kappa shape index (κ2) is 7.08. The Balaban J connectivity index is 1.98. The van der Waals surface area contributed by atoms with E-state index in [4.69, 9.17) is 4.74 Å².